The molecule has 0 aromatic heterocycles. The van der Waals surface area contributed by atoms with Crippen molar-refractivity contribution in [2.45, 2.75) is 20.3 Å². The predicted octanol–water partition coefficient (Wildman–Crippen LogP) is 2.15. The summed E-state index contributed by atoms with van der Waals surface area (Å²) >= 11 is 0. The van der Waals surface area contributed by atoms with E-state index in [1.807, 2.05) is 17.0 Å². The number of nitrogen functional groups attached to an aromatic ring is 1. The first-order chi connectivity index (χ1) is 9.04. The third-order valence-electron chi connectivity index (χ3n) is 3.44. The van der Waals surface area contributed by atoms with Gasteiger partial charge in [0.1, 0.15) is 5.75 Å². The second-order valence-corrected chi connectivity index (χ2v) is 5.61. The van der Waals surface area contributed by atoms with Crippen molar-refractivity contribution in [2.75, 3.05) is 25.4 Å². The van der Waals surface area contributed by atoms with E-state index >= 15 is 0 Å². The highest BCUT2D eigenvalue weighted by atomic mass is 16.5. The summed E-state index contributed by atoms with van der Waals surface area (Å²) < 4.78 is 5.50. The van der Waals surface area contributed by atoms with Crippen LogP contribution in [0.5, 0.6) is 5.75 Å². The standard InChI is InChI=1S/C15H22N2O2/c1-11-6-12(2)9-17(8-11)15(18)10-19-14-5-3-4-13(16)7-14/h3-5,7,11-12H,6,8-10,16H2,1-2H3/t11-,12-/m0/s1. The number of nitrogens with two attached hydrogens (primary N) is 1. The number of anilines is 1. The van der Waals surface area contributed by atoms with E-state index in [1.165, 1.54) is 6.42 Å². The Bertz CT molecular complexity index is 438. The molecule has 1 aromatic rings. The second kappa shape index (κ2) is 5.95. The van der Waals surface area contributed by atoms with Crippen LogP contribution in [0.3, 0.4) is 0 Å². The summed E-state index contributed by atoms with van der Waals surface area (Å²) in [6, 6.07) is 7.16. The third kappa shape index (κ3) is 3.88. The van der Waals surface area contributed by atoms with Crippen LogP contribution in [0.4, 0.5) is 5.69 Å². The lowest BCUT2D eigenvalue weighted by atomic mass is 9.92. The fourth-order valence-electron chi connectivity index (χ4n) is 2.71. The Morgan fingerprint density at radius 3 is 2.68 bits per heavy atom. The minimum Gasteiger partial charge on any atom is -0.484 e. The van der Waals surface area contributed by atoms with E-state index in [4.69, 9.17) is 10.5 Å². The van der Waals surface area contributed by atoms with Crippen molar-refractivity contribution < 1.29 is 9.53 Å². The molecule has 2 atom stereocenters. The lowest BCUT2D eigenvalue weighted by molar-refractivity contribution is -0.136. The van der Waals surface area contributed by atoms with Gasteiger partial charge in [-0.25, -0.2) is 0 Å². The molecule has 104 valence electrons. The van der Waals surface area contributed by atoms with Gasteiger partial charge in [0.15, 0.2) is 6.61 Å². The first-order valence-corrected chi connectivity index (χ1v) is 6.80. The summed E-state index contributed by atoms with van der Waals surface area (Å²) in [5.74, 6) is 1.84. The summed E-state index contributed by atoms with van der Waals surface area (Å²) in [7, 11) is 0. The zero-order valence-electron chi connectivity index (χ0n) is 11.6. The average molecular weight is 262 g/mol. The Labute approximate surface area is 114 Å². The Kier molecular flexibility index (Phi) is 4.30. The Morgan fingerprint density at radius 1 is 1.37 bits per heavy atom. The largest absolute Gasteiger partial charge is 0.484 e. The van der Waals surface area contributed by atoms with Gasteiger partial charge >= 0.3 is 0 Å². The van der Waals surface area contributed by atoms with E-state index in [9.17, 15) is 4.79 Å². The van der Waals surface area contributed by atoms with Crippen LogP contribution in [-0.4, -0.2) is 30.5 Å². The molecule has 1 saturated heterocycles. The smallest absolute Gasteiger partial charge is 0.260 e. The molecule has 1 aromatic carbocycles. The number of amides is 1. The maximum absolute atomic E-state index is 12.1. The molecule has 0 aliphatic carbocycles. The van der Waals surface area contributed by atoms with Gasteiger partial charge in [0.05, 0.1) is 0 Å². The van der Waals surface area contributed by atoms with Crippen molar-refractivity contribution in [3.05, 3.63) is 24.3 Å². The molecule has 1 aliphatic rings. The van der Waals surface area contributed by atoms with Crippen LogP contribution < -0.4 is 10.5 Å². The molecule has 0 bridgehead atoms. The summed E-state index contributed by atoms with van der Waals surface area (Å²) in [6.07, 6.45) is 1.19. The normalized spacial score (nSPS) is 23.2. The van der Waals surface area contributed by atoms with Crippen molar-refractivity contribution in [1.29, 1.82) is 0 Å². The van der Waals surface area contributed by atoms with Crippen LogP contribution in [0, 0.1) is 11.8 Å². The maximum atomic E-state index is 12.1. The molecule has 0 spiro atoms. The van der Waals surface area contributed by atoms with Crippen molar-refractivity contribution in [3.8, 4) is 5.75 Å². The molecular formula is C15H22N2O2. The zero-order valence-corrected chi connectivity index (χ0v) is 11.6. The zero-order chi connectivity index (χ0) is 13.8. The van der Waals surface area contributed by atoms with Gasteiger partial charge < -0.3 is 15.4 Å². The highest BCUT2D eigenvalue weighted by molar-refractivity contribution is 5.78. The van der Waals surface area contributed by atoms with Gasteiger partial charge in [-0.1, -0.05) is 19.9 Å². The number of carbonyl (C=O) groups is 1. The number of nitrogens with zero attached hydrogens (tertiary/aromatic N) is 1. The highest BCUT2D eigenvalue weighted by Crippen LogP contribution is 2.21. The second-order valence-electron chi connectivity index (χ2n) is 5.61. The van der Waals surface area contributed by atoms with Crippen molar-refractivity contribution in [2.24, 2.45) is 11.8 Å². The maximum Gasteiger partial charge on any atom is 0.260 e. The van der Waals surface area contributed by atoms with E-state index in [2.05, 4.69) is 13.8 Å². The molecule has 4 nitrogen and oxygen atoms in total. The number of benzene rings is 1. The molecule has 2 N–H and O–H groups in total. The molecule has 0 unspecified atom stereocenters. The minimum absolute atomic E-state index is 0.0563. The van der Waals surface area contributed by atoms with Gasteiger partial charge in [0, 0.05) is 24.8 Å². The molecule has 2 rings (SSSR count). The lowest BCUT2D eigenvalue weighted by Gasteiger charge is -2.34. The van der Waals surface area contributed by atoms with Crippen LogP contribution in [-0.2, 0) is 4.79 Å². The van der Waals surface area contributed by atoms with Crippen LogP contribution >= 0.6 is 0 Å². The van der Waals surface area contributed by atoms with Crippen molar-refractivity contribution in [3.63, 3.8) is 0 Å². The van der Waals surface area contributed by atoms with Gasteiger partial charge in [-0.05, 0) is 30.4 Å². The van der Waals surface area contributed by atoms with Gasteiger partial charge in [-0.2, -0.15) is 0 Å². The predicted molar refractivity (Wildman–Crippen MR) is 75.9 cm³/mol. The summed E-state index contributed by atoms with van der Waals surface area (Å²) in [4.78, 5) is 14.0. The van der Waals surface area contributed by atoms with Gasteiger partial charge in [0.25, 0.3) is 5.91 Å². The molecule has 1 aliphatic heterocycles. The number of ether oxygens (including phenoxy) is 1. The molecular weight excluding hydrogens is 240 g/mol. The summed E-state index contributed by atoms with van der Waals surface area (Å²) in [5.41, 5.74) is 6.31. The molecule has 19 heavy (non-hydrogen) atoms. The van der Waals surface area contributed by atoms with E-state index in [0.29, 0.717) is 23.3 Å². The Balaban J connectivity index is 1.87. The summed E-state index contributed by atoms with van der Waals surface area (Å²) in [6.45, 7) is 6.14. The van der Waals surface area contributed by atoms with Gasteiger partial charge in [-0.3, -0.25) is 4.79 Å². The number of rotatable bonds is 3. The molecule has 1 fully saturated rings. The van der Waals surface area contributed by atoms with Crippen LogP contribution in [0.15, 0.2) is 24.3 Å². The fraction of sp³-hybridized carbons (Fsp3) is 0.533. The van der Waals surface area contributed by atoms with E-state index in [1.54, 1.807) is 12.1 Å². The lowest BCUT2D eigenvalue weighted by Crippen LogP contribution is -2.44. The minimum atomic E-state index is 0.0563. The molecule has 1 heterocycles. The van der Waals surface area contributed by atoms with Crippen LogP contribution in [0.1, 0.15) is 20.3 Å². The molecule has 0 radical (unpaired) electrons. The number of piperidine rings is 1. The first kappa shape index (κ1) is 13.7. The Morgan fingerprint density at radius 2 is 2.05 bits per heavy atom. The average Bonchev–Trinajstić information content (AvgIpc) is 2.35. The highest BCUT2D eigenvalue weighted by Gasteiger charge is 2.25. The van der Waals surface area contributed by atoms with Gasteiger partial charge in [-0.15, -0.1) is 0 Å². The summed E-state index contributed by atoms with van der Waals surface area (Å²) in [5, 5.41) is 0. The number of hydrogen-bond donors (Lipinski definition) is 1. The van der Waals surface area contributed by atoms with E-state index in [-0.39, 0.29) is 12.5 Å². The first-order valence-electron chi connectivity index (χ1n) is 6.80. The van der Waals surface area contributed by atoms with Crippen LogP contribution in [0.2, 0.25) is 0 Å². The molecule has 4 heteroatoms. The fourth-order valence-corrected chi connectivity index (χ4v) is 2.71. The number of carbonyl (C=O) groups excluding carboxylic acids is 1. The topological polar surface area (TPSA) is 55.6 Å². The van der Waals surface area contributed by atoms with Crippen molar-refractivity contribution in [1.82, 2.24) is 4.90 Å². The Hall–Kier alpha value is -1.71. The van der Waals surface area contributed by atoms with E-state index < -0.39 is 0 Å². The SMILES string of the molecule is C[C@H]1C[C@H](C)CN(C(=O)COc2cccc(N)c2)C1. The number of likely N-dealkylation sites (tertiary alicyclic amines) is 1. The number of hydrogen-bond acceptors (Lipinski definition) is 3. The third-order valence-corrected chi connectivity index (χ3v) is 3.44. The quantitative estimate of drug-likeness (QED) is 0.849. The monoisotopic (exact) mass is 262 g/mol. The van der Waals surface area contributed by atoms with E-state index in [0.717, 1.165) is 13.1 Å². The molecule has 0 saturated carbocycles. The van der Waals surface area contributed by atoms with Gasteiger partial charge in [0.2, 0.25) is 0 Å². The molecule has 1 amide bonds. The van der Waals surface area contributed by atoms with Crippen LogP contribution in [0.25, 0.3) is 0 Å². The van der Waals surface area contributed by atoms with Crippen molar-refractivity contribution >= 4 is 11.6 Å².